The highest BCUT2D eigenvalue weighted by Crippen LogP contribution is 2.39. The number of hydrogen-bond donors (Lipinski definition) is 3. The lowest BCUT2D eigenvalue weighted by Gasteiger charge is -2.45. The number of nitrogens with one attached hydrogen (secondary N) is 2. The Labute approximate surface area is 161 Å². The van der Waals surface area contributed by atoms with Crippen molar-refractivity contribution in [3.8, 4) is 0 Å². The van der Waals surface area contributed by atoms with Crippen molar-refractivity contribution in [1.29, 1.82) is 0 Å². The molecule has 3 atom stereocenters. The van der Waals surface area contributed by atoms with E-state index in [-0.39, 0.29) is 48.0 Å². The van der Waals surface area contributed by atoms with E-state index in [0.717, 1.165) is 25.7 Å². The van der Waals surface area contributed by atoms with Crippen molar-refractivity contribution in [3.05, 3.63) is 24.2 Å². The Morgan fingerprint density at radius 3 is 2.42 bits per heavy atom. The minimum Gasteiger partial charge on any atom is -0.459 e. The van der Waals surface area contributed by atoms with Crippen LogP contribution in [0, 0.1) is 17.8 Å². The van der Waals surface area contributed by atoms with Gasteiger partial charge in [0.2, 0.25) is 5.91 Å². The summed E-state index contributed by atoms with van der Waals surface area (Å²) in [5.74, 6) is 0.667. The van der Waals surface area contributed by atoms with Crippen LogP contribution in [0.4, 0.5) is 0 Å². The molecule has 2 saturated carbocycles. The van der Waals surface area contributed by atoms with Gasteiger partial charge in [-0.25, -0.2) is 0 Å². The van der Waals surface area contributed by atoms with Crippen LogP contribution in [-0.2, 0) is 4.79 Å². The number of fused-ring (bicyclic) bond motifs is 2. The molecule has 3 rings (SSSR count). The number of nitrogens with two attached hydrogens (primary N) is 1. The fourth-order valence-corrected chi connectivity index (χ4v) is 4.43. The zero-order valence-corrected chi connectivity index (χ0v) is 16.3. The lowest BCUT2D eigenvalue weighted by molar-refractivity contribution is -0.126. The molecular formula is C19H30ClN3O3. The summed E-state index contributed by atoms with van der Waals surface area (Å²) in [6.07, 6.45) is 6.88. The molecule has 2 aliphatic rings. The maximum Gasteiger partial charge on any atom is 0.287 e. The Morgan fingerprint density at radius 1 is 1.23 bits per heavy atom. The van der Waals surface area contributed by atoms with Gasteiger partial charge in [0.05, 0.1) is 6.26 Å². The summed E-state index contributed by atoms with van der Waals surface area (Å²) >= 11 is 0. The molecule has 1 heterocycles. The van der Waals surface area contributed by atoms with Gasteiger partial charge in [0.15, 0.2) is 5.76 Å². The first kappa shape index (κ1) is 20.8. The molecule has 0 spiro atoms. The number of furan rings is 1. The molecular weight excluding hydrogens is 354 g/mol. The first-order valence-electron chi connectivity index (χ1n) is 9.36. The molecule has 2 aliphatic carbocycles. The summed E-state index contributed by atoms with van der Waals surface area (Å²) in [6, 6.07) is 3.11. The molecule has 7 heteroatoms. The van der Waals surface area contributed by atoms with Crippen LogP contribution in [0.15, 0.2) is 22.8 Å². The van der Waals surface area contributed by atoms with Crippen LogP contribution in [0.1, 0.15) is 56.5 Å². The predicted octanol–water partition coefficient (Wildman–Crippen LogP) is 2.48. The summed E-state index contributed by atoms with van der Waals surface area (Å²) in [4.78, 5) is 25.1. The second kappa shape index (κ2) is 8.91. The van der Waals surface area contributed by atoms with Gasteiger partial charge in [-0.3, -0.25) is 9.59 Å². The minimum absolute atomic E-state index is 0. The first-order chi connectivity index (χ1) is 12.0. The lowest BCUT2D eigenvalue weighted by Crippen LogP contribution is -2.58. The van der Waals surface area contributed by atoms with Crippen LogP contribution >= 0.6 is 12.4 Å². The maximum absolute atomic E-state index is 12.9. The fraction of sp³-hybridized carbons (Fsp3) is 0.684. The van der Waals surface area contributed by atoms with Crippen molar-refractivity contribution in [2.45, 2.75) is 64.1 Å². The van der Waals surface area contributed by atoms with E-state index in [1.54, 1.807) is 12.1 Å². The molecule has 2 amide bonds. The van der Waals surface area contributed by atoms with Crippen molar-refractivity contribution < 1.29 is 14.0 Å². The highest BCUT2D eigenvalue weighted by atomic mass is 35.5. The summed E-state index contributed by atoms with van der Waals surface area (Å²) in [6.45, 7) is 3.87. The van der Waals surface area contributed by atoms with E-state index in [9.17, 15) is 9.59 Å². The molecule has 2 bridgehead atoms. The van der Waals surface area contributed by atoms with Gasteiger partial charge < -0.3 is 20.8 Å². The lowest BCUT2D eigenvalue weighted by atomic mass is 9.67. The highest BCUT2D eigenvalue weighted by Gasteiger charge is 2.41. The molecule has 26 heavy (non-hydrogen) atoms. The van der Waals surface area contributed by atoms with Gasteiger partial charge in [-0.1, -0.05) is 20.3 Å². The van der Waals surface area contributed by atoms with Crippen molar-refractivity contribution in [3.63, 3.8) is 0 Å². The summed E-state index contributed by atoms with van der Waals surface area (Å²) in [5.41, 5.74) is 6.17. The quantitative estimate of drug-likeness (QED) is 0.727. The standard InChI is InChI=1S/C19H29N3O3.ClH/c1-11(2)16(21-18(23)15-7-4-8-25-15)19(24)22-17-12-5-3-6-13(17)10-14(20)9-12;/h4,7-8,11-14,16-17H,3,5-6,9-10,20H2,1-2H3,(H,21,23)(H,22,24);1H. The van der Waals surface area contributed by atoms with E-state index in [0.29, 0.717) is 11.8 Å². The van der Waals surface area contributed by atoms with Gasteiger partial charge in [0.25, 0.3) is 5.91 Å². The predicted molar refractivity (Wildman–Crippen MR) is 102 cm³/mol. The normalized spacial score (nSPS) is 28.8. The minimum atomic E-state index is -0.575. The zero-order chi connectivity index (χ0) is 18.0. The number of rotatable bonds is 5. The van der Waals surface area contributed by atoms with Gasteiger partial charge >= 0.3 is 0 Å². The third-order valence-electron chi connectivity index (χ3n) is 5.67. The van der Waals surface area contributed by atoms with Gasteiger partial charge in [0.1, 0.15) is 6.04 Å². The molecule has 3 unspecified atom stereocenters. The van der Waals surface area contributed by atoms with Gasteiger partial charge in [-0.05, 0) is 55.6 Å². The second-order valence-electron chi connectivity index (χ2n) is 7.89. The van der Waals surface area contributed by atoms with E-state index in [1.807, 2.05) is 13.8 Å². The number of halogens is 1. The van der Waals surface area contributed by atoms with Crippen LogP contribution in [0.2, 0.25) is 0 Å². The molecule has 0 radical (unpaired) electrons. The fourth-order valence-electron chi connectivity index (χ4n) is 4.43. The molecule has 146 valence electrons. The molecule has 6 nitrogen and oxygen atoms in total. The van der Waals surface area contributed by atoms with E-state index < -0.39 is 6.04 Å². The number of hydrogen-bond acceptors (Lipinski definition) is 4. The Hall–Kier alpha value is -1.53. The summed E-state index contributed by atoms with van der Waals surface area (Å²) in [5, 5.41) is 6.05. The Balaban J connectivity index is 0.00000243. The topological polar surface area (TPSA) is 97.4 Å². The molecule has 0 aromatic carbocycles. The summed E-state index contributed by atoms with van der Waals surface area (Å²) in [7, 11) is 0. The average Bonchev–Trinajstić information content (AvgIpc) is 3.07. The number of carbonyl (C=O) groups excluding carboxylic acids is 2. The molecule has 1 aromatic heterocycles. The Bertz CT molecular complexity index is 591. The Kier molecular flexibility index (Phi) is 7.12. The number of amides is 2. The first-order valence-corrected chi connectivity index (χ1v) is 9.36. The second-order valence-corrected chi connectivity index (χ2v) is 7.89. The van der Waals surface area contributed by atoms with Crippen molar-refractivity contribution in [2.24, 2.45) is 23.5 Å². The average molecular weight is 384 g/mol. The zero-order valence-electron chi connectivity index (χ0n) is 15.4. The van der Waals surface area contributed by atoms with Crippen LogP contribution < -0.4 is 16.4 Å². The molecule has 0 saturated heterocycles. The highest BCUT2D eigenvalue weighted by molar-refractivity contribution is 5.95. The maximum atomic E-state index is 12.9. The van der Waals surface area contributed by atoms with Gasteiger partial charge in [-0.2, -0.15) is 0 Å². The smallest absolute Gasteiger partial charge is 0.287 e. The van der Waals surface area contributed by atoms with Crippen LogP contribution in [-0.4, -0.2) is 29.9 Å². The van der Waals surface area contributed by atoms with E-state index in [2.05, 4.69) is 10.6 Å². The molecule has 2 fully saturated rings. The summed E-state index contributed by atoms with van der Waals surface area (Å²) < 4.78 is 5.12. The van der Waals surface area contributed by atoms with E-state index in [4.69, 9.17) is 10.2 Å². The largest absolute Gasteiger partial charge is 0.459 e. The third kappa shape index (κ3) is 4.60. The Morgan fingerprint density at radius 2 is 1.88 bits per heavy atom. The van der Waals surface area contributed by atoms with Crippen molar-refractivity contribution in [1.82, 2.24) is 10.6 Å². The third-order valence-corrected chi connectivity index (χ3v) is 5.67. The monoisotopic (exact) mass is 383 g/mol. The van der Waals surface area contributed by atoms with Crippen LogP contribution in [0.3, 0.4) is 0 Å². The van der Waals surface area contributed by atoms with Crippen LogP contribution in [0.25, 0.3) is 0 Å². The van der Waals surface area contributed by atoms with Gasteiger partial charge in [0, 0.05) is 12.1 Å². The molecule has 1 aromatic rings. The van der Waals surface area contributed by atoms with Crippen LogP contribution in [0.5, 0.6) is 0 Å². The van der Waals surface area contributed by atoms with Crippen molar-refractivity contribution >= 4 is 24.2 Å². The number of carbonyl (C=O) groups is 2. The van der Waals surface area contributed by atoms with E-state index >= 15 is 0 Å². The van der Waals surface area contributed by atoms with Crippen molar-refractivity contribution in [2.75, 3.05) is 0 Å². The molecule has 4 N–H and O–H groups in total. The van der Waals surface area contributed by atoms with Gasteiger partial charge in [-0.15, -0.1) is 12.4 Å². The SMILES string of the molecule is CC(C)C(NC(=O)c1ccco1)C(=O)NC1C2CCCC1CC(N)C2.Cl. The molecule has 0 aliphatic heterocycles. The van der Waals surface area contributed by atoms with E-state index in [1.165, 1.54) is 12.7 Å².